The number of hydrogen-bond acceptors (Lipinski definition) is 5. The summed E-state index contributed by atoms with van der Waals surface area (Å²) in [6, 6.07) is 15.9. The first kappa shape index (κ1) is 21.2. The van der Waals surface area contributed by atoms with Crippen LogP contribution in [0.1, 0.15) is 11.3 Å². The molecule has 1 amide bonds. The number of anilines is 1. The molecule has 1 aromatic heterocycles. The Balaban J connectivity index is 1.60. The highest BCUT2D eigenvalue weighted by molar-refractivity contribution is 7.80. The van der Waals surface area contributed by atoms with Gasteiger partial charge in [0.25, 0.3) is 5.69 Å². The standard InChI is InChI=1S/C21H16ClN3O4S/c1-13-11-18(25(27)28)16(22)12-17(13)23-21(30)24-20(26)10-8-15-7-9-19(29-15)14-5-3-2-4-6-14/h2-12H,1H3,(H2,23,24,26,30)/b10-8+. The van der Waals surface area contributed by atoms with E-state index in [9.17, 15) is 14.9 Å². The number of benzene rings is 2. The van der Waals surface area contributed by atoms with Gasteiger partial charge in [0.2, 0.25) is 5.91 Å². The van der Waals surface area contributed by atoms with Crippen molar-refractivity contribution in [2.24, 2.45) is 0 Å². The fourth-order valence-electron chi connectivity index (χ4n) is 2.61. The van der Waals surface area contributed by atoms with E-state index in [0.717, 1.165) is 5.56 Å². The lowest BCUT2D eigenvalue weighted by Gasteiger charge is -2.11. The van der Waals surface area contributed by atoms with Crippen molar-refractivity contribution in [1.82, 2.24) is 5.32 Å². The summed E-state index contributed by atoms with van der Waals surface area (Å²) in [5.74, 6) is 0.745. The lowest BCUT2D eigenvalue weighted by molar-refractivity contribution is -0.384. The molecule has 0 bridgehead atoms. The molecule has 0 aliphatic heterocycles. The number of halogens is 1. The van der Waals surface area contributed by atoms with Crippen molar-refractivity contribution in [3.8, 4) is 11.3 Å². The van der Waals surface area contributed by atoms with E-state index in [1.54, 1.807) is 13.0 Å². The fourth-order valence-corrected chi connectivity index (χ4v) is 3.05. The molecule has 0 atom stereocenters. The molecule has 3 aromatic rings. The molecule has 7 nitrogen and oxygen atoms in total. The van der Waals surface area contributed by atoms with E-state index in [1.807, 2.05) is 36.4 Å². The first-order valence-corrected chi connectivity index (χ1v) is 9.52. The molecule has 0 saturated carbocycles. The molecule has 30 heavy (non-hydrogen) atoms. The quantitative estimate of drug-likeness (QED) is 0.240. The highest BCUT2D eigenvalue weighted by atomic mass is 35.5. The van der Waals surface area contributed by atoms with Gasteiger partial charge in [-0.15, -0.1) is 0 Å². The van der Waals surface area contributed by atoms with E-state index >= 15 is 0 Å². The molecule has 0 aliphatic carbocycles. The highest BCUT2D eigenvalue weighted by Crippen LogP contribution is 2.30. The van der Waals surface area contributed by atoms with Crippen LogP contribution in [-0.2, 0) is 4.79 Å². The van der Waals surface area contributed by atoms with Crippen molar-refractivity contribution in [2.45, 2.75) is 6.92 Å². The number of thiocarbonyl (C=S) groups is 1. The summed E-state index contributed by atoms with van der Waals surface area (Å²) in [5, 5.41) is 16.2. The molecule has 0 aliphatic rings. The molecule has 2 aromatic carbocycles. The van der Waals surface area contributed by atoms with E-state index in [4.69, 9.17) is 28.2 Å². The summed E-state index contributed by atoms with van der Waals surface area (Å²) in [6.07, 6.45) is 2.82. The number of aryl methyl sites for hydroxylation is 1. The molecule has 152 valence electrons. The zero-order valence-electron chi connectivity index (χ0n) is 15.7. The third kappa shape index (κ3) is 5.31. The minimum Gasteiger partial charge on any atom is -0.457 e. The molecule has 0 saturated heterocycles. The van der Waals surface area contributed by atoms with Crippen LogP contribution in [0.5, 0.6) is 0 Å². The predicted octanol–water partition coefficient (Wildman–Crippen LogP) is 5.34. The van der Waals surface area contributed by atoms with Crippen molar-refractivity contribution in [3.05, 3.63) is 87.1 Å². The van der Waals surface area contributed by atoms with Gasteiger partial charge >= 0.3 is 0 Å². The molecule has 3 rings (SSSR count). The SMILES string of the molecule is Cc1cc([N+](=O)[O-])c(Cl)cc1NC(=S)NC(=O)/C=C/c1ccc(-c2ccccc2)o1. The van der Waals surface area contributed by atoms with Gasteiger partial charge < -0.3 is 9.73 Å². The lowest BCUT2D eigenvalue weighted by atomic mass is 10.2. The second-order valence-corrected chi connectivity index (χ2v) is 7.04. The second kappa shape index (κ2) is 9.34. The Kier molecular flexibility index (Phi) is 6.61. The maximum absolute atomic E-state index is 12.1. The minimum absolute atomic E-state index is 0.0297. The Hall–Kier alpha value is -3.49. The monoisotopic (exact) mass is 441 g/mol. The van der Waals surface area contributed by atoms with E-state index in [1.165, 1.54) is 24.3 Å². The van der Waals surface area contributed by atoms with Gasteiger partial charge in [0.05, 0.1) is 4.92 Å². The summed E-state index contributed by atoms with van der Waals surface area (Å²) in [6.45, 7) is 1.66. The molecule has 9 heteroatoms. The van der Waals surface area contributed by atoms with E-state index in [-0.39, 0.29) is 15.8 Å². The lowest BCUT2D eigenvalue weighted by Crippen LogP contribution is -2.33. The topological polar surface area (TPSA) is 97.4 Å². The Labute approximate surface area is 182 Å². The molecule has 0 radical (unpaired) electrons. The Bertz CT molecular complexity index is 1140. The van der Waals surface area contributed by atoms with Crippen LogP contribution in [0.4, 0.5) is 11.4 Å². The van der Waals surface area contributed by atoms with Gasteiger partial charge in [0.1, 0.15) is 16.5 Å². The number of rotatable bonds is 5. The molecule has 0 spiro atoms. The summed E-state index contributed by atoms with van der Waals surface area (Å²) in [4.78, 5) is 22.5. The van der Waals surface area contributed by atoms with Gasteiger partial charge in [-0.1, -0.05) is 41.9 Å². The third-order valence-electron chi connectivity index (χ3n) is 4.06. The van der Waals surface area contributed by atoms with Crippen molar-refractivity contribution >= 4 is 52.3 Å². The molecule has 0 fully saturated rings. The molecular formula is C21H16ClN3O4S. The van der Waals surface area contributed by atoms with Crippen LogP contribution >= 0.6 is 23.8 Å². The number of nitrogens with zero attached hydrogens (tertiary/aromatic N) is 1. The number of carbonyl (C=O) groups is 1. The average Bonchev–Trinajstić information content (AvgIpc) is 3.18. The first-order chi connectivity index (χ1) is 14.3. The zero-order valence-corrected chi connectivity index (χ0v) is 17.3. The number of furan rings is 1. The van der Waals surface area contributed by atoms with Crippen LogP contribution in [0, 0.1) is 17.0 Å². The second-order valence-electron chi connectivity index (χ2n) is 6.22. The van der Waals surface area contributed by atoms with Crippen LogP contribution in [0.3, 0.4) is 0 Å². The number of hydrogen-bond donors (Lipinski definition) is 2. The summed E-state index contributed by atoms with van der Waals surface area (Å²) < 4.78 is 5.70. The average molecular weight is 442 g/mol. The Morgan fingerprint density at radius 2 is 1.93 bits per heavy atom. The first-order valence-electron chi connectivity index (χ1n) is 8.73. The zero-order chi connectivity index (χ0) is 21.7. The number of nitrogens with one attached hydrogen (secondary N) is 2. The Morgan fingerprint density at radius 3 is 2.63 bits per heavy atom. The highest BCUT2D eigenvalue weighted by Gasteiger charge is 2.15. The van der Waals surface area contributed by atoms with Crippen LogP contribution in [-0.4, -0.2) is 15.9 Å². The van der Waals surface area contributed by atoms with Gasteiger partial charge in [-0.3, -0.25) is 20.2 Å². The van der Waals surface area contributed by atoms with Gasteiger partial charge in [-0.05, 0) is 49.0 Å². The van der Waals surface area contributed by atoms with Crippen LogP contribution in [0.25, 0.3) is 17.4 Å². The summed E-state index contributed by atoms with van der Waals surface area (Å²) in [5.41, 5.74) is 1.75. The van der Waals surface area contributed by atoms with Crippen LogP contribution < -0.4 is 10.6 Å². The molecule has 2 N–H and O–H groups in total. The largest absolute Gasteiger partial charge is 0.457 e. The van der Waals surface area contributed by atoms with E-state index in [0.29, 0.717) is 22.8 Å². The third-order valence-corrected chi connectivity index (χ3v) is 4.57. The molecule has 0 unspecified atom stereocenters. The van der Waals surface area contributed by atoms with Crippen molar-refractivity contribution in [2.75, 3.05) is 5.32 Å². The van der Waals surface area contributed by atoms with Crippen molar-refractivity contribution in [3.63, 3.8) is 0 Å². The minimum atomic E-state index is -0.568. The van der Waals surface area contributed by atoms with E-state index in [2.05, 4.69) is 10.6 Å². The summed E-state index contributed by atoms with van der Waals surface area (Å²) >= 11 is 11.0. The van der Waals surface area contributed by atoms with Gasteiger partial charge in [0, 0.05) is 23.4 Å². The predicted molar refractivity (Wildman–Crippen MR) is 120 cm³/mol. The number of carbonyl (C=O) groups excluding carboxylic acids is 1. The van der Waals surface area contributed by atoms with Crippen LogP contribution in [0.2, 0.25) is 5.02 Å². The normalized spacial score (nSPS) is 10.7. The maximum Gasteiger partial charge on any atom is 0.288 e. The number of nitro benzene ring substituents is 1. The Morgan fingerprint density at radius 1 is 1.20 bits per heavy atom. The molecule has 1 heterocycles. The number of nitro groups is 1. The van der Waals surface area contributed by atoms with Crippen molar-refractivity contribution < 1.29 is 14.1 Å². The molecular weight excluding hydrogens is 426 g/mol. The smallest absolute Gasteiger partial charge is 0.288 e. The van der Waals surface area contributed by atoms with Gasteiger partial charge in [-0.2, -0.15) is 0 Å². The van der Waals surface area contributed by atoms with Gasteiger partial charge in [0.15, 0.2) is 5.11 Å². The number of amides is 1. The summed E-state index contributed by atoms with van der Waals surface area (Å²) in [7, 11) is 0. The van der Waals surface area contributed by atoms with E-state index < -0.39 is 10.8 Å². The van der Waals surface area contributed by atoms with Crippen molar-refractivity contribution in [1.29, 1.82) is 0 Å². The fraction of sp³-hybridized carbons (Fsp3) is 0.0476. The maximum atomic E-state index is 12.1. The van der Waals surface area contributed by atoms with Gasteiger partial charge in [-0.25, -0.2) is 0 Å². The van der Waals surface area contributed by atoms with Crippen LogP contribution in [0.15, 0.2) is 65.1 Å².